The van der Waals surface area contributed by atoms with Crippen molar-refractivity contribution < 1.29 is 14.5 Å². The number of fused-ring (bicyclic) bond motifs is 3. The molecule has 1 saturated heterocycles. The van der Waals surface area contributed by atoms with Crippen molar-refractivity contribution in [3.63, 3.8) is 0 Å². The topological polar surface area (TPSA) is 117 Å². The Hall–Kier alpha value is -3.34. The number of nitriles is 1. The van der Waals surface area contributed by atoms with E-state index >= 15 is 0 Å². The van der Waals surface area contributed by atoms with Crippen molar-refractivity contribution in [1.29, 1.82) is 5.26 Å². The molecule has 134 valence electrons. The molecule has 2 saturated carbocycles. The smallest absolute Gasteiger partial charge is 0.272 e. The second-order valence-electron chi connectivity index (χ2n) is 7.60. The van der Waals surface area contributed by atoms with Crippen LogP contribution in [0.3, 0.4) is 0 Å². The maximum atomic E-state index is 12.8. The van der Waals surface area contributed by atoms with Crippen LogP contribution in [-0.4, -0.2) is 28.0 Å². The highest BCUT2D eigenvalue weighted by molar-refractivity contribution is 6.07. The number of hydrazone groups is 1. The quantitative estimate of drug-likeness (QED) is 0.268. The fourth-order valence-electron chi connectivity index (χ4n) is 5.18. The monoisotopic (exact) mass is 362 g/mol. The molecule has 8 heteroatoms. The van der Waals surface area contributed by atoms with Gasteiger partial charge in [-0.05, 0) is 42.2 Å². The summed E-state index contributed by atoms with van der Waals surface area (Å²) < 4.78 is 0. The van der Waals surface area contributed by atoms with Crippen LogP contribution in [0.5, 0.6) is 0 Å². The number of imide groups is 1. The van der Waals surface area contributed by atoms with Crippen molar-refractivity contribution in [3.05, 3.63) is 51.6 Å². The number of carbonyl (C=O) groups is 2. The molecule has 0 aromatic heterocycles. The second-order valence-corrected chi connectivity index (χ2v) is 7.60. The molecule has 4 aliphatic rings. The van der Waals surface area contributed by atoms with Gasteiger partial charge in [0.05, 0.1) is 40.2 Å². The lowest BCUT2D eigenvalue weighted by Crippen LogP contribution is -2.30. The highest BCUT2D eigenvalue weighted by Gasteiger charge is 2.73. The van der Waals surface area contributed by atoms with Gasteiger partial charge in [0.25, 0.3) is 17.5 Å². The van der Waals surface area contributed by atoms with Crippen LogP contribution in [0.2, 0.25) is 0 Å². The third kappa shape index (κ3) is 1.94. The van der Waals surface area contributed by atoms with Crippen LogP contribution in [0, 0.1) is 50.5 Å². The predicted octanol–water partition coefficient (Wildman–Crippen LogP) is 2.00. The number of nitro benzene ring substituents is 1. The van der Waals surface area contributed by atoms with Gasteiger partial charge in [0, 0.05) is 6.07 Å². The fraction of sp³-hybridized carbons (Fsp3) is 0.368. The lowest BCUT2D eigenvalue weighted by atomic mass is 9.85. The number of rotatable bonds is 3. The van der Waals surface area contributed by atoms with Crippen molar-refractivity contribution in [2.24, 2.45) is 34.2 Å². The van der Waals surface area contributed by atoms with Gasteiger partial charge in [0.1, 0.15) is 0 Å². The Bertz CT molecular complexity index is 983. The molecule has 1 heterocycles. The van der Waals surface area contributed by atoms with Crippen LogP contribution in [0.25, 0.3) is 0 Å². The van der Waals surface area contributed by atoms with Gasteiger partial charge in [-0.1, -0.05) is 12.2 Å². The van der Waals surface area contributed by atoms with E-state index in [4.69, 9.17) is 5.26 Å². The summed E-state index contributed by atoms with van der Waals surface area (Å²) >= 11 is 0. The third-order valence-electron chi connectivity index (χ3n) is 6.50. The molecular formula is C19H14N4O4. The van der Waals surface area contributed by atoms with E-state index in [-0.39, 0.29) is 57.7 Å². The summed E-state index contributed by atoms with van der Waals surface area (Å²) in [4.78, 5) is 36.3. The van der Waals surface area contributed by atoms with E-state index in [1.54, 1.807) is 0 Å². The van der Waals surface area contributed by atoms with Crippen molar-refractivity contribution in [3.8, 4) is 6.07 Å². The molecule has 1 aliphatic heterocycles. The molecule has 0 radical (unpaired) electrons. The van der Waals surface area contributed by atoms with Gasteiger partial charge in [-0.25, -0.2) is 0 Å². The highest BCUT2D eigenvalue weighted by atomic mass is 16.6. The van der Waals surface area contributed by atoms with E-state index in [1.807, 2.05) is 6.07 Å². The van der Waals surface area contributed by atoms with Gasteiger partial charge in [0.2, 0.25) is 0 Å². The zero-order valence-electron chi connectivity index (χ0n) is 14.1. The first-order valence-electron chi connectivity index (χ1n) is 8.76. The van der Waals surface area contributed by atoms with Crippen LogP contribution in [0.4, 0.5) is 5.69 Å². The van der Waals surface area contributed by atoms with Crippen molar-refractivity contribution >= 4 is 23.7 Å². The molecule has 2 amide bonds. The van der Waals surface area contributed by atoms with Crippen LogP contribution in [-0.2, 0) is 9.59 Å². The van der Waals surface area contributed by atoms with Crippen LogP contribution in [0.1, 0.15) is 24.0 Å². The minimum atomic E-state index is -0.619. The molecule has 3 aliphatic carbocycles. The Morgan fingerprint density at radius 1 is 1.22 bits per heavy atom. The molecule has 27 heavy (non-hydrogen) atoms. The van der Waals surface area contributed by atoms with E-state index < -0.39 is 4.92 Å². The number of carbonyl (C=O) groups excluding carboxylic acids is 2. The summed E-state index contributed by atoms with van der Waals surface area (Å²) in [5.41, 5.74) is 0.105. The van der Waals surface area contributed by atoms with E-state index in [0.29, 0.717) is 0 Å². The maximum absolute atomic E-state index is 12.8. The Balaban J connectivity index is 1.45. The molecule has 5 rings (SSSR count). The van der Waals surface area contributed by atoms with Gasteiger partial charge in [-0.15, -0.1) is 0 Å². The minimum absolute atomic E-state index is 0.105. The molecule has 1 aromatic rings. The van der Waals surface area contributed by atoms with Crippen molar-refractivity contribution in [2.75, 3.05) is 0 Å². The minimum Gasteiger partial charge on any atom is -0.272 e. The van der Waals surface area contributed by atoms with Gasteiger partial charge in [0.15, 0.2) is 0 Å². The van der Waals surface area contributed by atoms with Crippen molar-refractivity contribution in [1.82, 2.24) is 5.01 Å². The highest BCUT2D eigenvalue weighted by Crippen LogP contribution is 2.73. The Morgan fingerprint density at radius 3 is 2.37 bits per heavy atom. The van der Waals surface area contributed by atoms with Gasteiger partial charge < -0.3 is 0 Å². The van der Waals surface area contributed by atoms with Crippen molar-refractivity contribution in [2.45, 2.75) is 12.8 Å². The van der Waals surface area contributed by atoms with E-state index in [1.165, 1.54) is 12.1 Å². The summed E-state index contributed by atoms with van der Waals surface area (Å²) in [7, 11) is 0. The number of nitrogens with zero attached hydrogens (tertiary/aromatic N) is 4. The lowest BCUT2D eigenvalue weighted by molar-refractivity contribution is -0.385. The Kier molecular flexibility index (Phi) is 3.00. The van der Waals surface area contributed by atoms with Crippen LogP contribution >= 0.6 is 0 Å². The summed E-state index contributed by atoms with van der Waals surface area (Å²) in [6.07, 6.45) is 7.41. The molecule has 2 bridgehead atoms. The predicted molar refractivity (Wildman–Crippen MR) is 92.0 cm³/mol. The molecular weight excluding hydrogens is 348 g/mol. The summed E-state index contributed by atoms with van der Waals surface area (Å²) in [6, 6.07) is 5.80. The third-order valence-corrected chi connectivity index (χ3v) is 6.50. The van der Waals surface area contributed by atoms with E-state index in [9.17, 15) is 19.7 Å². The number of benzene rings is 1. The largest absolute Gasteiger partial charge is 0.279 e. The summed E-state index contributed by atoms with van der Waals surface area (Å²) in [6.45, 7) is 0. The molecule has 8 nitrogen and oxygen atoms in total. The van der Waals surface area contributed by atoms with E-state index in [2.05, 4.69) is 17.3 Å². The number of amides is 2. The normalized spacial score (nSPS) is 31.7. The number of hydrogen-bond donors (Lipinski definition) is 0. The molecule has 1 aromatic carbocycles. The van der Waals surface area contributed by atoms with Gasteiger partial charge in [-0.2, -0.15) is 15.4 Å². The molecule has 3 fully saturated rings. The first-order chi connectivity index (χ1) is 13.0. The van der Waals surface area contributed by atoms with Crippen LogP contribution in [0.15, 0.2) is 35.5 Å². The average Bonchev–Trinajstić information content (AvgIpc) is 3.26. The standard InChI is InChI=1S/C19H14N4O4/c20-8-10-1-2-11(14(7-10)23(26)27)9-21-22-17(24)15-12-3-4-13(16(15)18(22)25)19(12)5-6-19/h1-4,7,9,12-13,15-16H,5-6H2/b21-9-/t12-,13-,15-,16+/m0/s1. The Labute approximate surface area is 153 Å². The molecule has 0 unspecified atom stereocenters. The SMILES string of the molecule is N#Cc1ccc(/C=N\N2C(=O)[C@@H]3[C@H](C2=O)[C@@H]2C=C[C@@H]3C23CC3)c([N+](=O)[O-])c1. The zero-order chi connectivity index (χ0) is 18.9. The molecule has 1 spiro atoms. The maximum Gasteiger partial charge on any atom is 0.279 e. The summed E-state index contributed by atoms with van der Waals surface area (Å²) in [5, 5.41) is 25.0. The first kappa shape index (κ1) is 15.9. The van der Waals surface area contributed by atoms with Crippen LogP contribution < -0.4 is 0 Å². The van der Waals surface area contributed by atoms with Gasteiger partial charge in [-0.3, -0.25) is 19.7 Å². The first-order valence-corrected chi connectivity index (χ1v) is 8.76. The zero-order valence-corrected chi connectivity index (χ0v) is 14.1. The number of allylic oxidation sites excluding steroid dienone is 2. The number of hydrogen-bond acceptors (Lipinski definition) is 6. The second kappa shape index (κ2) is 5.10. The molecule has 4 atom stereocenters. The van der Waals surface area contributed by atoms with Gasteiger partial charge >= 0.3 is 0 Å². The fourth-order valence-corrected chi connectivity index (χ4v) is 5.18. The Morgan fingerprint density at radius 2 is 1.85 bits per heavy atom. The number of nitro groups is 1. The summed E-state index contributed by atoms with van der Waals surface area (Å²) in [5.74, 6) is -1.14. The molecule has 0 N–H and O–H groups in total. The van der Waals surface area contributed by atoms with E-state index in [0.717, 1.165) is 30.1 Å². The average molecular weight is 362 g/mol. The lowest BCUT2D eigenvalue weighted by Gasteiger charge is -2.18.